The summed E-state index contributed by atoms with van der Waals surface area (Å²) in [6.45, 7) is 6.60. The molecule has 6 nitrogen and oxygen atoms in total. The quantitative estimate of drug-likeness (QED) is 0.691. The molecule has 0 saturated heterocycles. The van der Waals surface area contributed by atoms with E-state index in [1.54, 1.807) is 6.92 Å². The van der Waals surface area contributed by atoms with E-state index in [2.05, 4.69) is 10.6 Å². The summed E-state index contributed by atoms with van der Waals surface area (Å²) < 4.78 is 23.8. The highest BCUT2D eigenvalue weighted by Gasteiger charge is 2.26. The van der Waals surface area contributed by atoms with Gasteiger partial charge in [-0.25, -0.2) is 8.42 Å². The van der Waals surface area contributed by atoms with Gasteiger partial charge in [-0.3, -0.25) is 4.79 Å². The number of hydrogen-bond donors (Lipinski definition) is 3. The number of hydrogen-bond acceptors (Lipinski definition) is 6. The van der Waals surface area contributed by atoms with Crippen molar-refractivity contribution >= 4 is 37.8 Å². The van der Waals surface area contributed by atoms with Crippen LogP contribution in [0, 0.1) is 0 Å². The predicted molar refractivity (Wildman–Crippen MR) is 87.8 cm³/mol. The van der Waals surface area contributed by atoms with E-state index in [1.165, 1.54) is 0 Å². The van der Waals surface area contributed by atoms with Gasteiger partial charge in [-0.2, -0.15) is 0 Å². The van der Waals surface area contributed by atoms with Gasteiger partial charge in [0.1, 0.15) is 14.8 Å². The number of carbonyl (C=O) groups is 1. The van der Waals surface area contributed by atoms with Gasteiger partial charge in [-0.05, 0) is 20.8 Å². The lowest BCUT2D eigenvalue weighted by Gasteiger charge is -2.04. The number of anilines is 2. The minimum Gasteiger partial charge on any atom is -0.396 e. The van der Waals surface area contributed by atoms with Crippen molar-refractivity contribution in [2.24, 2.45) is 0 Å². The number of allylic oxidation sites excluding steroid dienone is 1. The molecule has 8 heteroatoms. The van der Waals surface area contributed by atoms with Crippen LogP contribution in [0.3, 0.4) is 0 Å². The maximum absolute atomic E-state index is 11.9. The molecule has 1 rings (SSSR count). The Bertz CT molecular complexity index is 656. The van der Waals surface area contributed by atoms with Crippen LogP contribution in [0.2, 0.25) is 0 Å². The second-order valence-electron chi connectivity index (χ2n) is 4.80. The van der Waals surface area contributed by atoms with E-state index in [1.807, 2.05) is 19.9 Å². The summed E-state index contributed by atoms with van der Waals surface area (Å²) in [4.78, 5) is 12.1. The molecule has 0 aliphatic heterocycles. The largest absolute Gasteiger partial charge is 0.396 e. The van der Waals surface area contributed by atoms with Crippen molar-refractivity contribution < 1.29 is 13.2 Å². The van der Waals surface area contributed by atoms with Crippen molar-refractivity contribution in [3.8, 4) is 0 Å². The maximum atomic E-state index is 11.9. The molecule has 21 heavy (non-hydrogen) atoms. The maximum Gasteiger partial charge on any atom is 0.263 e. The smallest absolute Gasteiger partial charge is 0.263 e. The third kappa shape index (κ3) is 4.47. The molecule has 0 aliphatic carbocycles. The van der Waals surface area contributed by atoms with Crippen LogP contribution in [0.25, 0.3) is 0 Å². The number of sulfone groups is 1. The molecule has 0 bridgehead atoms. The zero-order valence-electron chi connectivity index (χ0n) is 12.6. The number of rotatable bonds is 6. The lowest BCUT2D eigenvalue weighted by Crippen LogP contribution is -2.22. The van der Waals surface area contributed by atoms with Crippen LogP contribution in [-0.4, -0.2) is 33.7 Å². The third-order valence-corrected chi connectivity index (χ3v) is 5.04. The zero-order valence-corrected chi connectivity index (χ0v) is 14.2. The van der Waals surface area contributed by atoms with Crippen LogP contribution in [0.4, 0.5) is 10.7 Å². The minimum atomic E-state index is -3.52. The number of nitrogen functional groups attached to an aromatic ring is 1. The van der Waals surface area contributed by atoms with Crippen LogP contribution in [0.5, 0.6) is 0 Å². The number of amides is 1. The van der Waals surface area contributed by atoms with Crippen molar-refractivity contribution in [2.75, 3.05) is 30.4 Å². The number of nitrogens with one attached hydrogen (secondary N) is 2. The Labute approximate surface area is 129 Å². The predicted octanol–water partition coefficient (Wildman–Crippen LogP) is 1.86. The van der Waals surface area contributed by atoms with Crippen LogP contribution in [0.15, 0.2) is 16.5 Å². The minimum absolute atomic E-state index is 0.00379. The molecular weight excluding hydrogens is 310 g/mol. The third-order valence-electron chi connectivity index (χ3n) is 2.59. The molecule has 1 heterocycles. The van der Waals surface area contributed by atoms with Gasteiger partial charge in [0.2, 0.25) is 0 Å². The molecule has 1 amide bonds. The molecule has 0 aliphatic rings. The van der Waals surface area contributed by atoms with E-state index in [4.69, 9.17) is 5.73 Å². The molecule has 118 valence electrons. The highest BCUT2D eigenvalue weighted by atomic mass is 32.2. The van der Waals surface area contributed by atoms with Crippen molar-refractivity contribution in [3.05, 3.63) is 16.5 Å². The lowest BCUT2D eigenvalue weighted by molar-refractivity contribution is 0.0960. The molecule has 0 fully saturated rings. The molecule has 0 saturated carbocycles. The van der Waals surface area contributed by atoms with E-state index in [0.29, 0.717) is 18.1 Å². The van der Waals surface area contributed by atoms with E-state index in [0.717, 1.165) is 23.2 Å². The Morgan fingerprint density at radius 1 is 1.38 bits per heavy atom. The SMILES string of the molecule is CCNC(=O)c1sc(NCC=C(C)C)c(S(C)(=O)=O)c1N. The summed E-state index contributed by atoms with van der Waals surface area (Å²) in [7, 11) is -3.52. The summed E-state index contributed by atoms with van der Waals surface area (Å²) in [5.41, 5.74) is 6.98. The second kappa shape index (κ2) is 6.95. The number of nitrogens with two attached hydrogens (primary N) is 1. The van der Waals surface area contributed by atoms with Crippen LogP contribution in [-0.2, 0) is 9.84 Å². The van der Waals surface area contributed by atoms with Crippen molar-refractivity contribution in [2.45, 2.75) is 25.7 Å². The van der Waals surface area contributed by atoms with E-state index in [9.17, 15) is 13.2 Å². The number of thiophene rings is 1. The summed E-state index contributed by atoms with van der Waals surface area (Å²) in [6.07, 6.45) is 3.01. The van der Waals surface area contributed by atoms with Gasteiger partial charge in [-0.15, -0.1) is 11.3 Å². The molecule has 0 atom stereocenters. The first-order valence-electron chi connectivity index (χ1n) is 6.46. The van der Waals surface area contributed by atoms with Crippen molar-refractivity contribution in [1.82, 2.24) is 5.32 Å². The Kier molecular flexibility index (Phi) is 5.79. The molecule has 0 radical (unpaired) electrons. The van der Waals surface area contributed by atoms with Crippen LogP contribution in [0.1, 0.15) is 30.4 Å². The first kappa shape index (κ1) is 17.5. The molecule has 1 aromatic heterocycles. The van der Waals surface area contributed by atoms with Gasteiger partial charge in [0, 0.05) is 19.3 Å². The molecule has 0 unspecified atom stereocenters. The Morgan fingerprint density at radius 2 is 2.00 bits per heavy atom. The normalized spacial score (nSPS) is 11.0. The average Bonchev–Trinajstić information content (AvgIpc) is 2.65. The monoisotopic (exact) mass is 331 g/mol. The summed E-state index contributed by atoms with van der Waals surface area (Å²) >= 11 is 1.06. The highest BCUT2D eigenvalue weighted by molar-refractivity contribution is 7.91. The van der Waals surface area contributed by atoms with Crippen LogP contribution >= 0.6 is 11.3 Å². The molecule has 0 spiro atoms. The Morgan fingerprint density at radius 3 is 2.48 bits per heavy atom. The average molecular weight is 331 g/mol. The fraction of sp³-hybridized carbons (Fsp3) is 0.462. The fourth-order valence-electron chi connectivity index (χ4n) is 1.67. The Hall–Kier alpha value is -1.54. The van der Waals surface area contributed by atoms with Gasteiger partial charge in [-0.1, -0.05) is 11.6 Å². The van der Waals surface area contributed by atoms with Gasteiger partial charge >= 0.3 is 0 Å². The number of carbonyl (C=O) groups excluding carboxylic acids is 1. The Balaban J connectivity index is 3.25. The standard InChI is InChI=1S/C13H21N3O3S2/c1-5-15-12(17)10-9(14)11(21(4,18)19)13(20-10)16-7-6-8(2)3/h6,16H,5,7,14H2,1-4H3,(H,15,17). The summed E-state index contributed by atoms with van der Waals surface area (Å²) in [5, 5.41) is 6.04. The van der Waals surface area contributed by atoms with Gasteiger partial charge in [0.25, 0.3) is 5.91 Å². The summed E-state index contributed by atoms with van der Waals surface area (Å²) in [6, 6.07) is 0. The molecular formula is C13H21N3O3S2. The van der Waals surface area contributed by atoms with Gasteiger partial charge < -0.3 is 16.4 Å². The summed E-state index contributed by atoms with van der Waals surface area (Å²) in [5.74, 6) is -0.361. The molecule has 1 aromatic rings. The van der Waals surface area contributed by atoms with Gasteiger partial charge in [0.05, 0.1) is 5.69 Å². The fourth-order valence-corrected chi connectivity index (χ4v) is 4.16. The zero-order chi connectivity index (χ0) is 16.2. The van der Waals surface area contributed by atoms with E-state index < -0.39 is 9.84 Å². The first-order chi connectivity index (χ1) is 9.68. The van der Waals surface area contributed by atoms with Gasteiger partial charge in [0.15, 0.2) is 9.84 Å². The second-order valence-corrected chi connectivity index (χ2v) is 7.77. The highest BCUT2D eigenvalue weighted by Crippen LogP contribution is 2.39. The molecule has 4 N–H and O–H groups in total. The van der Waals surface area contributed by atoms with Crippen molar-refractivity contribution in [3.63, 3.8) is 0 Å². The topological polar surface area (TPSA) is 101 Å². The first-order valence-corrected chi connectivity index (χ1v) is 9.17. The van der Waals surface area contributed by atoms with Crippen molar-refractivity contribution in [1.29, 1.82) is 0 Å². The van der Waals surface area contributed by atoms with E-state index >= 15 is 0 Å². The van der Waals surface area contributed by atoms with Crippen LogP contribution < -0.4 is 16.4 Å². The molecule has 0 aromatic carbocycles. The lowest BCUT2D eigenvalue weighted by atomic mass is 10.3. The van der Waals surface area contributed by atoms with E-state index in [-0.39, 0.29) is 21.4 Å².